The second-order valence-electron chi connectivity index (χ2n) is 5.80. The summed E-state index contributed by atoms with van der Waals surface area (Å²) in [6, 6.07) is 5.54. The van der Waals surface area contributed by atoms with Crippen LogP contribution in [0.4, 0.5) is 0 Å². The molecule has 2 rings (SSSR count). The Morgan fingerprint density at radius 1 is 1.25 bits per heavy atom. The SMILES string of the molecule is [2H]C([2H])([2H])c1cc(C2([2H])CCC(C)(C)CC2)ccc1C. The van der Waals surface area contributed by atoms with Gasteiger partial charge in [-0.15, -0.1) is 0 Å². The third-order valence-electron chi connectivity index (χ3n) is 3.85. The zero-order valence-corrected chi connectivity index (χ0v) is 10.6. The van der Waals surface area contributed by atoms with Crippen LogP contribution in [0.25, 0.3) is 0 Å². The second kappa shape index (κ2) is 4.24. The highest BCUT2D eigenvalue weighted by molar-refractivity contribution is 5.32. The van der Waals surface area contributed by atoms with E-state index in [-0.39, 0.29) is 0 Å². The Kier molecular flexibility index (Phi) is 1.99. The number of rotatable bonds is 1. The van der Waals surface area contributed by atoms with E-state index >= 15 is 0 Å². The van der Waals surface area contributed by atoms with E-state index < -0.39 is 12.7 Å². The predicted octanol–water partition coefficient (Wildman–Crippen LogP) is 4.99. The molecule has 0 heteroatoms. The molecular weight excluding hydrogens is 192 g/mol. The van der Waals surface area contributed by atoms with Gasteiger partial charge in [0, 0.05) is 5.48 Å². The van der Waals surface area contributed by atoms with Crippen LogP contribution >= 0.6 is 0 Å². The molecule has 1 aromatic carbocycles. The Labute approximate surface area is 106 Å². The largest absolute Gasteiger partial charge is 0.0599 e. The first-order valence-corrected chi connectivity index (χ1v) is 6.15. The highest BCUT2D eigenvalue weighted by atomic mass is 14.3. The lowest BCUT2D eigenvalue weighted by Gasteiger charge is -2.34. The molecule has 0 radical (unpaired) electrons. The lowest BCUT2D eigenvalue weighted by molar-refractivity contribution is 0.224. The van der Waals surface area contributed by atoms with Gasteiger partial charge in [0.1, 0.15) is 0 Å². The molecule has 0 atom stereocenters. The smallest absolute Gasteiger partial charge is 0.0352 e. The monoisotopic (exact) mass is 220 g/mol. The van der Waals surface area contributed by atoms with E-state index in [9.17, 15) is 0 Å². The predicted molar refractivity (Wildman–Crippen MR) is 70.9 cm³/mol. The van der Waals surface area contributed by atoms with Gasteiger partial charge in [-0.05, 0) is 67.5 Å². The van der Waals surface area contributed by atoms with Gasteiger partial charge >= 0.3 is 0 Å². The van der Waals surface area contributed by atoms with Crippen molar-refractivity contribution in [1.29, 1.82) is 0 Å². The van der Waals surface area contributed by atoms with Crippen molar-refractivity contribution in [2.75, 3.05) is 0 Å². The van der Waals surface area contributed by atoms with Gasteiger partial charge < -0.3 is 0 Å². The number of hydrogen-bond donors (Lipinski definition) is 0. The first-order chi connectivity index (χ1) is 9.04. The van der Waals surface area contributed by atoms with Gasteiger partial charge in [-0.25, -0.2) is 0 Å². The maximum atomic E-state index is 8.73. The fraction of sp³-hybridized carbons (Fsp3) is 0.625. The second-order valence-corrected chi connectivity index (χ2v) is 5.80. The average molecular weight is 220 g/mol. The molecular formula is C16H24. The standard InChI is InChI=1S/C16H24/c1-12-5-6-15(11-13(12)2)14-7-9-16(3,4)10-8-14/h5-6,11,14H,7-10H2,1-4H3/i2D3,14D. The van der Waals surface area contributed by atoms with E-state index in [0.29, 0.717) is 11.0 Å². The van der Waals surface area contributed by atoms with Crippen molar-refractivity contribution in [2.45, 2.75) is 59.2 Å². The van der Waals surface area contributed by atoms with E-state index in [2.05, 4.69) is 13.8 Å². The summed E-state index contributed by atoms with van der Waals surface area (Å²) in [5.74, 6) is -0.622. The molecule has 1 fully saturated rings. The van der Waals surface area contributed by atoms with Crippen LogP contribution in [0.15, 0.2) is 18.2 Å². The van der Waals surface area contributed by atoms with Gasteiger partial charge in [-0.2, -0.15) is 0 Å². The molecule has 1 saturated carbocycles. The van der Waals surface area contributed by atoms with Gasteiger partial charge in [-0.1, -0.05) is 32.0 Å². The molecule has 0 nitrogen and oxygen atoms in total. The zero-order valence-electron chi connectivity index (χ0n) is 14.6. The van der Waals surface area contributed by atoms with Gasteiger partial charge in [0.05, 0.1) is 0 Å². The fourth-order valence-corrected chi connectivity index (χ4v) is 2.36. The molecule has 0 aromatic heterocycles. The van der Waals surface area contributed by atoms with Crippen molar-refractivity contribution < 1.29 is 5.48 Å². The molecule has 0 unspecified atom stereocenters. The minimum Gasteiger partial charge on any atom is -0.0599 e. The maximum Gasteiger partial charge on any atom is 0.0352 e. The third-order valence-corrected chi connectivity index (χ3v) is 3.85. The Bertz CT molecular complexity index is 490. The van der Waals surface area contributed by atoms with Gasteiger partial charge in [-0.3, -0.25) is 0 Å². The first-order valence-electron chi connectivity index (χ1n) is 8.15. The van der Waals surface area contributed by atoms with E-state index in [0.717, 1.165) is 36.8 Å². The van der Waals surface area contributed by atoms with Crippen molar-refractivity contribution in [3.8, 4) is 0 Å². The molecule has 1 aromatic rings. The quantitative estimate of drug-likeness (QED) is 0.625. The van der Waals surface area contributed by atoms with Crippen LogP contribution in [0.2, 0.25) is 0 Å². The van der Waals surface area contributed by atoms with Gasteiger partial charge in [0.25, 0.3) is 0 Å². The molecule has 0 N–H and O–H groups in total. The summed E-state index contributed by atoms with van der Waals surface area (Å²) in [4.78, 5) is 0. The van der Waals surface area contributed by atoms with Crippen molar-refractivity contribution >= 4 is 0 Å². The van der Waals surface area contributed by atoms with Crippen LogP contribution < -0.4 is 0 Å². The summed E-state index contributed by atoms with van der Waals surface area (Å²) >= 11 is 0. The summed E-state index contributed by atoms with van der Waals surface area (Å²) in [6.07, 6.45) is 3.66. The topological polar surface area (TPSA) is 0 Å². The summed E-state index contributed by atoms with van der Waals surface area (Å²) < 4.78 is 31.6. The molecule has 0 saturated heterocycles. The van der Waals surface area contributed by atoms with Crippen LogP contribution in [0.5, 0.6) is 0 Å². The average Bonchev–Trinajstić information content (AvgIpc) is 2.32. The third kappa shape index (κ3) is 2.48. The molecule has 0 aliphatic heterocycles. The van der Waals surface area contributed by atoms with Crippen LogP contribution in [0.1, 0.15) is 67.6 Å². The molecule has 0 spiro atoms. The number of benzene rings is 1. The summed E-state index contributed by atoms with van der Waals surface area (Å²) in [6.45, 7) is 4.22. The minimum absolute atomic E-state index is 0.308. The van der Waals surface area contributed by atoms with Crippen LogP contribution in [0.3, 0.4) is 0 Å². The normalized spacial score (nSPS) is 27.4. The summed E-state index contributed by atoms with van der Waals surface area (Å²) in [5.41, 5.74) is 2.35. The van der Waals surface area contributed by atoms with Crippen molar-refractivity contribution in [3.05, 3.63) is 34.9 Å². The van der Waals surface area contributed by atoms with Gasteiger partial charge in [0.15, 0.2) is 0 Å². The van der Waals surface area contributed by atoms with Crippen molar-refractivity contribution in [1.82, 2.24) is 0 Å². The molecule has 0 amide bonds. The van der Waals surface area contributed by atoms with Crippen molar-refractivity contribution in [2.24, 2.45) is 5.41 Å². The Morgan fingerprint density at radius 3 is 2.56 bits per heavy atom. The van der Waals surface area contributed by atoms with Crippen LogP contribution in [0, 0.1) is 19.2 Å². The molecule has 0 bridgehead atoms. The lowest BCUT2D eigenvalue weighted by Crippen LogP contribution is -2.20. The fourth-order valence-electron chi connectivity index (χ4n) is 2.36. The van der Waals surface area contributed by atoms with E-state index in [4.69, 9.17) is 5.48 Å². The number of aryl methyl sites for hydroxylation is 2. The number of hydrogen-bond acceptors (Lipinski definition) is 0. The molecule has 16 heavy (non-hydrogen) atoms. The molecule has 1 aliphatic carbocycles. The summed E-state index contributed by atoms with van der Waals surface area (Å²) in [5, 5.41) is 0. The lowest BCUT2D eigenvalue weighted by atomic mass is 9.71. The highest BCUT2D eigenvalue weighted by Gasteiger charge is 2.27. The molecule has 1 aliphatic rings. The molecule has 88 valence electrons. The first kappa shape index (κ1) is 7.53. The van der Waals surface area contributed by atoms with Gasteiger partial charge in [0.2, 0.25) is 0 Å². The molecule has 0 heterocycles. The Morgan fingerprint density at radius 2 is 1.94 bits per heavy atom. The van der Waals surface area contributed by atoms with E-state index in [1.165, 1.54) is 0 Å². The summed E-state index contributed by atoms with van der Waals surface area (Å²) in [7, 11) is 0. The van der Waals surface area contributed by atoms with Crippen molar-refractivity contribution in [3.63, 3.8) is 0 Å². The Balaban J connectivity index is 2.34. The highest BCUT2D eigenvalue weighted by Crippen LogP contribution is 2.42. The Hall–Kier alpha value is -0.780. The van der Waals surface area contributed by atoms with E-state index in [1.807, 2.05) is 19.1 Å². The van der Waals surface area contributed by atoms with E-state index in [1.54, 1.807) is 6.07 Å². The van der Waals surface area contributed by atoms with Crippen LogP contribution in [-0.4, -0.2) is 0 Å². The maximum absolute atomic E-state index is 8.73. The minimum atomic E-state index is -2.09. The van der Waals surface area contributed by atoms with Crippen LogP contribution in [-0.2, 0) is 0 Å². The zero-order chi connectivity index (χ0) is 15.2.